The Morgan fingerprint density at radius 3 is 2.43 bits per heavy atom. The molecule has 0 saturated heterocycles. The molecule has 7 nitrogen and oxygen atoms in total. The molecule has 1 N–H and O–H groups in total. The van der Waals surface area contributed by atoms with Gasteiger partial charge in [-0.05, 0) is 11.6 Å². The molecule has 0 unspecified atom stereocenters. The van der Waals surface area contributed by atoms with Crippen LogP contribution >= 0.6 is 0 Å². The number of nitrogens with zero attached hydrogens (tertiary/aromatic N) is 1. The Hall–Kier alpha value is -2.44. The molecule has 0 aliphatic heterocycles. The van der Waals surface area contributed by atoms with E-state index in [0.717, 1.165) is 0 Å². The standard InChI is InChI=1S/C14H18N2O5/c1-9(17)15-12-6-5-11(7-13(12)16(19)20)14(3,4)8-21-10(2)18/h5-7H,8H2,1-4H3,(H,15,17). The number of hydrogen-bond acceptors (Lipinski definition) is 5. The van der Waals surface area contributed by atoms with Crippen LogP contribution < -0.4 is 5.32 Å². The van der Waals surface area contributed by atoms with Gasteiger partial charge < -0.3 is 10.1 Å². The molecule has 1 aromatic carbocycles. The second kappa shape index (κ2) is 6.34. The van der Waals surface area contributed by atoms with Gasteiger partial charge in [0.25, 0.3) is 5.69 Å². The maximum absolute atomic E-state index is 11.1. The fourth-order valence-corrected chi connectivity index (χ4v) is 1.76. The molecule has 0 radical (unpaired) electrons. The van der Waals surface area contributed by atoms with Crippen LogP contribution in [0.2, 0.25) is 0 Å². The summed E-state index contributed by atoms with van der Waals surface area (Å²) in [4.78, 5) is 32.5. The first-order chi connectivity index (χ1) is 9.63. The summed E-state index contributed by atoms with van der Waals surface area (Å²) in [7, 11) is 0. The molecule has 1 amide bonds. The van der Waals surface area contributed by atoms with Crippen LogP contribution in [0.25, 0.3) is 0 Å². The maximum Gasteiger partial charge on any atom is 0.302 e. The number of ether oxygens (including phenoxy) is 1. The Balaban J connectivity index is 3.15. The average molecular weight is 294 g/mol. The van der Waals surface area contributed by atoms with E-state index in [9.17, 15) is 19.7 Å². The van der Waals surface area contributed by atoms with Crippen molar-refractivity contribution in [1.82, 2.24) is 0 Å². The van der Waals surface area contributed by atoms with Gasteiger partial charge >= 0.3 is 5.97 Å². The summed E-state index contributed by atoms with van der Waals surface area (Å²) < 4.78 is 4.98. The number of amides is 1. The van der Waals surface area contributed by atoms with Crippen molar-refractivity contribution in [2.45, 2.75) is 33.1 Å². The van der Waals surface area contributed by atoms with Crippen LogP contribution in [0.3, 0.4) is 0 Å². The molecule has 0 aliphatic carbocycles. The zero-order valence-electron chi connectivity index (χ0n) is 12.4. The molecule has 114 valence electrons. The first kappa shape index (κ1) is 16.6. The topological polar surface area (TPSA) is 98.5 Å². The number of esters is 1. The largest absolute Gasteiger partial charge is 0.465 e. The Morgan fingerprint density at radius 1 is 1.33 bits per heavy atom. The summed E-state index contributed by atoms with van der Waals surface area (Å²) >= 11 is 0. The highest BCUT2D eigenvalue weighted by atomic mass is 16.6. The number of hydrogen-bond donors (Lipinski definition) is 1. The van der Waals surface area contributed by atoms with E-state index in [-0.39, 0.29) is 23.9 Å². The smallest absolute Gasteiger partial charge is 0.302 e. The number of anilines is 1. The van der Waals surface area contributed by atoms with Gasteiger partial charge in [0.05, 0.1) is 4.92 Å². The van der Waals surface area contributed by atoms with Gasteiger partial charge in [0, 0.05) is 25.3 Å². The summed E-state index contributed by atoms with van der Waals surface area (Å²) in [5, 5.41) is 13.5. The molecule has 0 atom stereocenters. The summed E-state index contributed by atoms with van der Waals surface area (Å²) in [6.45, 7) is 6.32. The number of nitro groups is 1. The third kappa shape index (κ3) is 4.55. The van der Waals surface area contributed by atoms with Crippen LogP contribution in [0.1, 0.15) is 33.3 Å². The third-order valence-corrected chi connectivity index (χ3v) is 2.92. The van der Waals surface area contributed by atoms with Crippen molar-refractivity contribution < 1.29 is 19.2 Å². The molecule has 0 spiro atoms. The van der Waals surface area contributed by atoms with E-state index in [1.54, 1.807) is 6.07 Å². The van der Waals surface area contributed by atoms with E-state index in [1.807, 2.05) is 13.8 Å². The van der Waals surface area contributed by atoms with E-state index in [0.29, 0.717) is 5.56 Å². The summed E-state index contributed by atoms with van der Waals surface area (Å²) in [6.07, 6.45) is 0. The lowest BCUT2D eigenvalue weighted by molar-refractivity contribution is -0.384. The molecule has 7 heteroatoms. The van der Waals surface area contributed by atoms with Crippen molar-refractivity contribution in [3.05, 3.63) is 33.9 Å². The summed E-state index contributed by atoms with van der Waals surface area (Å²) in [5.41, 5.74) is 0.00763. The van der Waals surface area contributed by atoms with Gasteiger partial charge in [-0.25, -0.2) is 0 Å². The highest BCUT2D eigenvalue weighted by molar-refractivity contribution is 5.91. The number of nitrogens with one attached hydrogen (secondary N) is 1. The van der Waals surface area contributed by atoms with Crippen molar-refractivity contribution in [2.24, 2.45) is 0 Å². The average Bonchev–Trinajstić information content (AvgIpc) is 2.35. The number of carbonyl (C=O) groups excluding carboxylic acids is 2. The van der Waals surface area contributed by atoms with Crippen LogP contribution in [-0.2, 0) is 19.7 Å². The van der Waals surface area contributed by atoms with Gasteiger partial charge in [0.2, 0.25) is 5.91 Å². The monoisotopic (exact) mass is 294 g/mol. The molecule has 0 fully saturated rings. The number of carbonyl (C=O) groups is 2. The second-order valence-corrected chi connectivity index (χ2v) is 5.33. The Labute approximate surface area is 122 Å². The lowest BCUT2D eigenvalue weighted by Gasteiger charge is -2.24. The summed E-state index contributed by atoms with van der Waals surface area (Å²) in [5.74, 6) is -0.794. The molecule has 0 bridgehead atoms. The van der Waals surface area contributed by atoms with Crippen molar-refractivity contribution in [3.8, 4) is 0 Å². The van der Waals surface area contributed by atoms with Crippen molar-refractivity contribution in [3.63, 3.8) is 0 Å². The molecule has 0 aromatic heterocycles. The number of benzene rings is 1. The first-order valence-electron chi connectivity index (χ1n) is 6.33. The molecule has 1 aromatic rings. The molecule has 21 heavy (non-hydrogen) atoms. The van der Waals surface area contributed by atoms with Gasteiger partial charge in [-0.3, -0.25) is 19.7 Å². The lowest BCUT2D eigenvalue weighted by atomic mass is 9.85. The highest BCUT2D eigenvalue weighted by Crippen LogP contribution is 2.32. The van der Waals surface area contributed by atoms with E-state index in [2.05, 4.69) is 5.32 Å². The van der Waals surface area contributed by atoms with Crippen molar-refractivity contribution >= 4 is 23.3 Å². The Kier molecular flexibility index (Phi) is 5.02. The Bertz CT molecular complexity index is 581. The fourth-order valence-electron chi connectivity index (χ4n) is 1.76. The van der Waals surface area contributed by atoms with Gasteiger partial charge in [-0.15, -0.1) is 0 Å². The second-order valence-electron chi connectivity index (χ2n) is 5.33. The van der Waals surface area contributed by atoms with E-state index < -0.39 is 16.3 Å². The maximum atomic E-state index is 11.1. The number of rotatable bonds is 5. The minimum Gasteiger partial charge on any atom is -0.465 e. The molecule has 0 saturated carbocycles. The van der Waals surface area contributed by atoms with E-state index >= 15 is 0 Å². The van der Waals surface area contributed by atoms with Gasteiger partial charge in [-0.1, -0.05) is 19.9 Å². The predicted octanol–water partition coefficient (Wildman–Crippen LogP) is 2.39. The zero-order chi connectivity index (χ0) is 16.2. The zero-order valence-corrected chi connectivity index (χ0v) is 12.4. The normalized spacial score (nSPS) is 10.9. The quantitative estimate of drug-likeness (QED) is 0.510. The van der Waals surface area contributed by atoms with Crippen molar-refractivity contribution in [2.75, 3.05) is 11.9 Å². The van der Waals surface area contributed by atoms with Crippen molar-refractivity contribution in [1.29, 1.82) is 0 Å². The SMILES string of the molecule is CC(=O)Nc1ccc(C(C)(C)COC(C)=O)cc1[N+](=O)[O-]. The molecular formula is C14H18N2O5. The molecule has 0 aliphatic rings. The predicted molar refractivity (Wildman–Crippen MR) is 77.1 cm³/mol. The van der Waals surface area contributed by atoms with Crippen LogP contribution in [0.15, 0.2) is 18.2 Å². The fraction of sp³-hybridized carbons (Fsp3) is 0.429. The van der Waals surface area contributed by atoms with E-state index in [1.165, 1.54) is 26.0 Å². The molecular weight excluding hydrogens is 276 g/mol. The van der Waals surface area contributed by atoms with Gasteiger partial charge in [0.15, 0.2) is 0 Å². The first-order valence-corrected chi connectivity index (χ1v) is 6.33. The minimum absolute atomic E-state index is 0.110. The van der Waals surface area contributed by atoms with Crippen LogP contribution in [0.5, 0.6) is 0 Å². The van der Waals surface area contributed by atoms with Crippen LogP contribution in [-0.4, -0.2) is 23.4 Å². The molecule has 0 heterocycles. The van der Waals surface area contributed by atoms with Crippen LogP contribution in [0, 0.1) is 10.1 Å². The lowest BCUT2D eigenvalue weighted by Crippen LogP contribution is -2.26. The van der Waals surface area contributed by atoms with Gasteiger partial charge in [-0.2, -0.15) is 0 Å². The highest BCUT2D eigenvalue weighted by Gasteiger charge is 2.26. The third-order valence-electron chi connectivity index (χ3n) is 2.92. The van der Waals surface area contributed by atoms with Crippen LogP contribution in [0.4, 0.5) is 11.4 Å². The minimum atomic E-state index is -0.578. The summed E-state index contributed by atoms with van der Waals surface area (Å²) in [6, 6.07) is 4.53. The van der Waals surface area contributed by atoms with Gasteiger partial charge in [0.1, 0.15) is 12.3 Å². The van der Waals surface area contributed by atoms with E-state index in [4.69, 9.17) is 4.74 Å². The Morgan fingerprint density at radius 2 is 1.95 bits per heavy atom. The number of nitro benzene ring substituents is 1. The molecule has 1 rings (SSSR count).